The normalized spacial score (nSPS) is 19.3. The summed E-state index contributed by atoms with van der Waals surface area (Å²) in [6.07, 6.45) is 1.39. The van der Waals surface area contributed by atoms with Crippen molar-refractivity contribution in [2.45, 2.75) is 32.1 Å². The van der Waals surface area contributed by atoms with Gasteiger partial charge in [0.15, 0.2) is 5.78 Å². The third-order valence-corrected chi connectivity index (χ3v) is 4.84. The Hall–Kier alpha value is -2.42. The van der Waals surface area contributed by atoms with Gasteiger partial charge in [-0.3, -0.25) is 9.59 Å². The Morgan fingerprint density at radius 2 is 1.78 bits per heavy atom. The molecule has 0 N–H and O–H groups in total. The van der Waals surface area contributed by atoms with Gasteiger partial charge in [-0.1, -0.05) is 48.0 Å². The smallest absolute Gasteiger partial charge is 0.316 e. The van der Waals surface area contributed by atoms with E-state index < -0.39 is 5.41 Å². The van der Waals surface area contributed by atoms with Gasteiger partial charge in [-0.15, -0.1) is 0 Å². The molecule has 1 unspecified atom stereocenters. The second kappa shape index (κ2) is 5.65. The van der Waals surface area contributed by atoms with Crippen LogP contribution in [0.1, 0.15) is 46.0 Å². The van der Waals surface area contributed by atoms with Crippen LogP contribution in [0.2, 0.25) is 0 Å². The van der Waals surface area contributed by atoms with E-state index in [0.29, 0.717) is 24.0 Å². The first-order valence-corrected chi connectivity index (χ1v) is 7.79. The van der Waals surface area contributed by atoms with Gasteiger partial charge in [0.2, 0.25) is 0 Å². The quantitative estimate of drug-likeness (QED) is 0.643. The third-order valence-electron chi connectivity index (χ3n) is 4.84. The summed E-state index contributed by atoms with van der Waals surface area (Å²) in [5.41, 5.74) is 3.73. The van der Waals surface area contributed by atoms with Gasteiger partial charge in [0.25, 0.3) is 0 Å². The van der Waals surface area contributed by atoms with Crippen LogP contribution in [0, 0.1) is 6.92 Å². The summed E-state index contributed by atoms with van der Waals surface area (Å²) >= 11 is 0. The first-order chi connectivity index (χ1) is 11.0. The van der Waals surface area contributed by atoms with Gasteiger partial charge < -0.3 is 4.74 Å². The second-order valence-electron chi connectivity index (χ2n) is 6.35. The zero-order chi connectivity index (χ0) is 16.6. The lowest BCUT2D eigenvalue weighted by Crippen LogP contribution is -2.31. The van der Waals surface area contributed by atoms with Crippen molar-refractivity contribution in [1.29, 1.82) is 0 Å². The largest absolute Gasteiger partial charge is 0.468 e. The van der Waals surface area contributed by atoms with E-state index in [1.165, 1.54) is 7.11 Å². The molecule has 0 bridgehead atoms. The molecule has 118 valence electrons. The number of methoxy groups -OCH3 is 1. The van der Waals surface area contributed by atoms with E-state index in [2.05, 4.69) is 0 Å². The molecular formula is C20H20O3. The number of esters is 1. The Labute approximate surface area is 136 Å². The van der Waals surface area contributed by atoms with Crippen LogP contribution >= 0.6 is 0 Å². The van der Waals surface area contributed by atoms with Crippen molar-refractivity contribution in [2.24, 2.45) is 0 Å². The maximum absolute atomic E-state index is 12.9. The molecule has 23 heavy (non-hydrogen) atoms. The molecule has 2 aromatic carbocycles. The van der Waals surface area contributed by atoms with Gasteiger partial charge >= 0.3 is 5.97 Å². The Kier molecular flexibility index (Phi) is 3.80. The fraction of sp³-hybridized carbons (Fsp3) is 0.300. The number of ether oxygens (including phenoxy) is 1. The molecule has 1 aliphatic carbocycles. The first kappa shape index (κ1) is 15.5. The number of carbonyl (C=O) groups excluding carboxylic acids is 2. The fourth-order valence-electron chi connectivity index (χ4n) is 3.39. The van der Waals surface area contributed by atoms with Crippen molar-refractivity contribution in [3.8, 4) is 0 Å². The predicted octanol–water partition coefficient (Wildman–Crippen LogP) is 3.60. The summed E-state index contributed by atoms with van der Waals surface area (Å²) in [6.45, 7) is 3.89. The van der Waals surface area contributed by atoms with Crippen molar-refractivity contribution >= 4 is 11.8 Å². The third kappa shape index (κ3) is 2.46. The average molecular weight is 308 g/mol. The maximum atomic E-state index is 12.9. The molecule has 3 rings (SSSR count). The van der Waals surface area contributed by atoms with Gasteiger partial charge in [-0.05, 0) is 37.8 Å². The Morgan fingerprint density at radius 1 is 1.09 bits per heavy atom. The number of rotatable bonds is 3. The lowest BCUT2D eigenvalue weighted by Gasteiger charge is -2.22. The summed E-state index contributed by atoms with van der Waals surface area (Å²) in [5, 5.41) is 0. The zero-order valence-electron chi connectivity index (χ0n) is 13.7. The minimum atomic E-state index is -0.659. The van der Waals surface area contributed by atoms with E-state index in [1.54, 1.807) is 0 Å². The molecule has 0 radical (unpaired) electrons. The van der Waals surface area contributed by atoms with E-state index in [1.807, 2.05) is 56.3 Å². The molecule has 2 aromatic rings. The molecule has 0 amide bonds. The standard InChI is InChI=1S/C20H20O3/c1-13-7-9-14(10-8-13)18(21)16-5-4-6-17-15(16)11-12-20(17,2)19(22)23-3/h4-10H,11-12H2,1-3H3. The van der Waals surface area contributed by atoms with Crippen molar-refractivity contribution < 1.29 is 14.3 Å². The van der Waals surface area contributed by atoms with Gasteiger partial charge in [-0.25, -0.2) is 0 Å². The minimum Gasteiger partial charge on any atom is -0.468 e. The highest BCUT2D eigenvalue weighted by atomic mass is 16.5. The first-order valence-electron chi connectivity index (χ1n) is 7.79. The van der Waals surface area contributed by atoms with E-state index >= 15 is 0 Å². The van der Waals surface area contributed by atoms with Crippen LogP contribution in [-0.4, -0.2) is 18.9 Å². The van der Waals surface area contributed by atoms with Crippen LogP contribution in [0.3, 0.4) is 0 Å². The van der Waals surface area contributed by atoms with E-state index in [0.717, 1.165) is 16.7 Å². The molecule has 0 spiro atoms. The van der Waals surface area contributed by atoms with Crippen LogP contribution in [0.25, 0.3) is 0 Å². The monoisotopic (exact) mass is 308 g/mol. The fourth-order valence-corrected chi connectivity index (χ4v) is 3.39. The molecular weight excluding hydrogens is 288 g/mol. The molecule has 0 saturated heterocycles. The van der Waals surface area contributed by atoms with Crippen LogP contribution in [0.15, 0.2) is 42.5 Å². The SMILES string of the molecule is COC(=O)C1(C)CCc2c(C(=O)c3ccc(C)cc3)cccc21. The number of fused-ring (bicyclic) bond motifs is 1. The lowest BCUT2D eigenvalue weighted by atomic mass is 9.83. The van der Waals surface area contributed by atoms with Gasteiger partial charge in [0, 0.05) is 11.1 Å². The Bertz CT molecular complexity index is 774. The average Bonchev–Trinajstić information content (AvgIpc) is 2.93. The summed E-state index contributed by atoms with van der Waals surface area (Å²) in [4.78, 5) is 25.0. The summed E-state index contributed by atoms with van der Waals surface area (Å²) in [7, 11) is 1.41. The highest BCUT2D eigenvalue weighted by Crippen LogP contribution is 2.41. The van der Waals surface area contributed by atoms with E-state index in [9.17, 15) is 9.59 Å². The van der Waals surface area contributed by atoms with E-state index in [-0.39, 0.29) is 11.8 Å². The molecule has 1 atom stereocenters. The Morgan fingerprint density at radius 3 is 2.43 bits per heavy atom. The van der Waals surface area contributed by atoms with Gasteiger partial charge in [0.05, 0.1) is 12.5 Å². The molecule has 1 aliphatic rings. The number of ketones is 1. The lowest BCUT2D eigenvalue weighted by molar-refractivity contribution is -0.146. The van der Waals surface area contributed by atoms with Crippen molar-refractivity contribution in [2.75, 3.05) is 7.11 Å². The van der Waals surface area contributed by atoms with Crippen LogP contribution in [-0.2, 0) is 21.4 Å². The van der Waals surface area contributed by atoms with Crippen LogP contribution in [0.5, 0.6) is 0 Å². The Balaban J connectivity index is 2.05. The van der Waals surface area contributed by atoms with Crippen molar-refractivity contribution in [1.82, 2.24) is 0 Å². The van der Waals surface area contributed by atoms with Crippen molar-refractivity contribution in [3.05, 3.63) is 70.3 Å². The van der Waals surface area contributed by atoms with E-state index in [4.69, 9.17) is 4.74 Å². The molecule has 0 fully saturated rings. The molecule has 0 aliphatic heterocycles. The van der Waals surface area contributed by atoms with Gasteiger partial charge in [-0.2, -0.15) is 0 Å². The summed E-state index contributed by atoms with van der Waals surface area (Å²) < 4.78 is 4.97. The molecule has 3 heteroatoms. The number of benzene rings is 2. The zero-order valence-corrected chi connectivity index (χ0v) is 13.7. The van der Waals surface area contributed by atoms with Crippen molar-refractivity contribution in [3.63, 3.8) is 0 Å². The number of aryl methyl sites for hydroxylation is 1. The second-order valence-corrected chi connectivity index (χ2v) is 6.35. The molecule has 0 saturated carbocycles. The van der Waals surface area contributed by atoms with Gasteiger partial charge in [0.1, 0.15) is 0 Å². The summed E-state index contributed by atoms with van der Waals surface area (Å²) in [5.74, 6) is -0.229. The maximum Gasteiger partial charge on any atom is 0.316 e. The topological polar surface area (TPSA) is 43.4 Å². The highest BCUT2D eigenvalue weighted by molar-refractivity contribution is 6.10. The molecule has 0 aromatic heterocycles. The number of hydrogen-bond acceptors (Lipinski definition) is 3. The van der Waals surface area contributed by atoms with Crippen LogP contribution in [0.4, 0.5) is 0 Å². The number of carbonyl (C=O) groups is 2. The minimum absolute atomic E-state index is 0.0102. The molecule has 3 nitrogen and oxygen atoms in total. The highest BCUT2D eigenvalue weighted by Gasteiger charge is 2.43. The number of hydrogen-bond donors (Lipinski definition) is 0. The van der Waals surface area contributed by atoms with Crippen LogP contribution < -0.4 is 0 Å². The summed E-state index contributed by atoms with van der Waals surface area (Å²) in [6, 6.07) is 13.2. The predicted molar refractivity (Wildman–Crippen MR) is 88.7 cm³/mol. The molecule has 0 heterocycles.